The number of benzene rings is 1. The van der Waals surface area contributed by atoms with E-state index < -0.39 is 0 Å². The first kappa shape index (κ1) is 9.98. The molecule has 0 aliphatic rings. The Balaban J connectivity index is 2.11. The SMILES string of the molecule is Cn1cnc2cc(-c3noc(CN)n3)ccc21. The quantitative estimate of drug-likeness (QED) is 0.711. The van der Waals surface area contributed by atoms with Gasteiger partial charge in [0, 0.05) is 12.6 Å². The number of nitrogens with two attached hydrogens (primary N) is 1. The molecule has 0 aliphatic heterocycles. The van der Waals surface area contributed by atoms with E-state index in [-0.39, 0.29) is 6.54 Å². The van der Waals surface area contributed by atoms with Gasteiger partial charge in [0.25, 0.3) is 0 Å². The lowest BCUT2D eigenvalue weighted by molar-refractivity contribution is 0.380. The van der Waals surface area contributed by atoms with Gasteiger partial charge in [0.1, 0.15) is 0 Å². The van der Waals surface area contributed by atoms with Gasteiger partial charge in [-0.2, -0.15) is 4.98 Å². The summed E-state index contributed by atoms with van der Waals surface area (Å²) < 4.78 is 6.93. The first-order valence-corrected chi connectivity index (χ1v) is 5.22. The first-order valence-electron chi connectivity index (χ1n) is 5.22. The van der Waals surface area contributed by atoms with Crippen LogP contribution in [0.4, 0.5) is 0 Å². The Morgan fingerprint density at radius 1 is 1.41 bits per heavy atom. The zero-order valence-corrected chi connectivity index (χ0v) is 9.29. The molecule has 0 aliphatic carbocycles. The molecule has 1 aromatic carbocycles. The average Bonchev–Trinajstić information content (AvgIpc) is 2.96. The minimum atomic E-state index is 0.249. The van der Waals surface area contributed by atoms with Crippen molar-refractivity contribution < 1.29 is 4.52 Å². The van der Waals surface area contributed by atoms with E-state index in [4.69, 9.17) is 10.3 Å². The van der Waals surface area contributed by atoms with Crippen LogP contribution < -0.4 is 5.73 Å². The molecule has 0 radical (unpaired) electrons. The van der Waals surface area contributed by atoms with Crippen molar-refractivity contribution in [1.82, 2.24) is 19.7 Å². The Labute approximate surface area is 97.1 Å². The third-order valence-corrected chi connectivity index (χ3v) is 2.63. The van der Waals surface area contributed by atoms with Crippen molar-refractivity contribution in [2.45, 2.75) is 6.54 Å². The summed E-state index contributed by atoms with van der Waals surface area (Å²) in [6, 6.07) is 5.85. The molecule has 2 heterocycles. The fraction of sp³-hybridized carbons (Fsp3) is 0.182. The smallest absolute Gasteiger partial charge is 0.240 e. The van der Waals surface area contributed by atoms with Gasteiger partial charge < -0.3 is 14.8 Å². The van der Waals surface area contributed by atoms with Crippen LogP contribution in [0.2, 0.25) is 0 Å². The predicted molar refractivity (Wildman–Crippen MR) is 61.9 cm³/mol. The monoisotopic (exact) mass is 229 g/mol. The number of aromatic nitrogens is 4. The molecule has 0 unspecified atom stereocenters. The minimum Gasteiger partial charge on any atom is -0.338 e. The zero-order chi connectivity index (χ0) is 11.8. The molecule has 17 heavy (non-hydrogen) atoms. The molecule has 3 aromatic rings. The number of hydrogen-bond acceptors (Lipinski definition) is 5. The van der Waals surface area contributed by atoms with Crippen LogP contribution in [0.25, 0.3) is 22.4 Å². The van der Waals surface area contributed by atoms with E-state index in [0.29, 0.717) is 11.7 Å². The number of fused-ring (bicyclic) bond motifs is 1. The van der Waals surface area contributed by atoms with Crippen LogP contribution >= 0.6 is 0 Å². The fourth-order valence-electron chi connectivity index (χ4n) is 1.73. The highest BCUT2D eigenvalue weighted by Crippen LogP contribution is 2.21. The summed E-state index contributed by atoms with van der Waals surface area (Å²) in [7, 11) is 1.95. The maximum atomic E-state index is 5.42. The maximum absolute atomic E-state index is 5.42. The van der Waals surface area contributed by atoms with Crippen molar-refractivity contribution in [1.29, 1.82) is 0 Å². The van der Waals surface area contributed by atoms with Crippen LogP contribution in [0, 0.1) is 0 Å². The van der Waals surface area contributed by atoms with E-state index in [9.17, 15) is 0 Å². The minimum absolute atomic E-state index is 0.249. The molecule has 6 nitrogen and oxygen atoms in total. The molecule has 0 spiro atoms. The third kappa shape index (κ3) is 1.58. The second kappa shape index (κ2) is 3.67. The van der Waals surface area contributed by atoms with Crippen LogP contribution in [-0.4, -0.2) is 19.7 Å². The number of nitrogens with zero attached hydrogens (tertiary/aromatic N) is 4. The summed E-state index contributed by atoms with van der Waals surface area (Å²) in [5, 5.41) is 3.87. The largest absolute Gasteiger partial charge is 0.338 e. The van der Waals surface area contributed by atoms with Crippen LogP contribution in [0.1, 0.15) is 5.89 Å². The van der Waals surface area contributed by atoms with Gasteiger partial charge in [0.2, 0.25) is 11.7 Å². The molecule has 0 fully saturated rings. The highest BCUT2D eigenvalue weighted by atomic mass is 16.5. The lowest BCUT2D eigenvalue weighted by atomic mass is 10.2. The van der Waals surface area contributed by atoms with Crippen molar-refractivity contribution in [2.24, 2.45) is 12.8 Å². The Morgan fingerprint density at radius 2 is 2.29 bits per heavy atom. The molecule has 0 saturated carbocycles. The molecular weight excluding hydrogens is 218 g/mol. The average molecular weight is 229 g/mol. The van der Waals surface area contributed by atoms with Gasteiger partial charge in [-0.15, -0.1) is 0 Å². The number of rotatable bonds is 2. The molecular formula is C11H11N5O. The normalized spacial score (nSPS) is 11.2. The van der Waals surface area contributed by atoms with E-state index in [1.807, 2.05) is 29.8 Å². The van der Waals surface area contributed by atoms with Crippen molar-refractivity contribution in [3.8, 4) is 11.4 Å². The number of hydrogen-bond donors (Lipinski definition) is 1. The lowest BCUT2D eigenvalue weighted by Gasteiger charge is -1.96. The van der Waals surface area contributed by atoms with Crippen molar-refractivity contribution in [3.63, 3.8) is 0 Å². The number of aryl methyl sites for hydroxylation is 1. The van der Waals surface area contributed by atoms with E-state index >= 15 is 0 Å². The second-order valence-corrected chi connectivity index (χ2v) is 3.77. The molecule has 3 rings (SSSR count). The predicted octanol–water partition coefficient (Wildman–Crippen LogP) is 1.08. The van der Waals surface area contributed by atoms with Gasteiger partial charge in [0.15, 0.2) is 0 Å². The van der Waals surface area contributed by atoms with Crippen molar-refractivity contribution in [2.75, 3.05) is 0 Å². The number of imidazole rings is 1. The standard InChI is InChI=1S/C11H11N5O/c1-16-6-13-8-4-7(2-3-9(8)16)11-14-10(5-12)17-15-11/h2-4,6H,5,12H2,1H3. The van der Waals surface area contributed by atoms with Gasteiger partial charge in [-0.05, 0) is 18.2 Å². The molecule has 2 N–H and O–H groups in total. The molecule has 6 heteroatoms. The van der Waals surface area contributed by atoms with Gasteiger partial charge in [-0.1, -0.05) is 5.16 Å². The molecule has 0 amide bonds. The summed E-state index contributed by atoms with van der Waals surface area (Å²) in [5.74, 6) is 0.971. The Hall–Kier alpha value is -2.21. The Morgan fingerprint density at radius 3 is 3.06 bits per heavy atom. The first-order chi connectivity index (χ1) is 8.28. The highest BCUT2D eigenvalue weighted by Gasteiger charge is 2.09. The summed E-state index contributed by atoms with van der Waals surface area (Å²) >= 11 is 0. The summed E-state index contributed by atoms with van der Waals surface area (Å²) in [6.07, 6.45) is 1.77. The molecule has 0 saturated heterocycles. The van der Waals surface area contributed by atoms with Crippen LogP contribution in [0.5, 0.6) is 0 Å². The maximum Gasteiger partial charge on any atom is 0.240 e. The second-order valence-electron chi connectivity index (χ2n) is 3.77. The lowest BCUT2D eigenvalue weighted by Crippen LogP contribution is -1.95. The molecule has 0 bridgehead atoms. The molecule has 0 atom stereocenters. The third-order valence-electron chi connectivity index (χ3n) is 2.63. The topological polar surface area (TPSA) is 82.8 Å². The summed E-state index contributed by atoms with van der Waals surface area (Å²) in [5.41, 5.74) is 8.27. The van der Waals surface area contributed by atoms with Gasteiger partial charge in [-0.3, -0.25) is 0 Å². The van der Waals surface area contributed by atoms with Crippen LogP contribution in [-0.2, 0) is 13.6 Å². The van der Waals surface area contributed by atoms with E-state index in [0.717, 1.165) is 16.6 Å². The van der Waals surface area contributed by atoms with Gasteiger partial charge >= 0.3 is 0 Å². The van der Waals surface area contributed by atoms with E-state index in [2.05, 4.69) is 15.1 Å². The van der Waals surface area contributed by atoms with Crippen LogP contribution in [0.15, 0.2) is 29.0 Å². The molecule has 2 aromatic heterocycles. The Kier molecular flexibility index (Phi) is 2.15. The summed E-state index contributed by atoms with van der Waals surface area (Å²) in [4.78, 5) is 8.46. The van der Waals surface area contributed by atoms with E-state index in [1.54, 1.807) is 6.33 Å². The summed E-state index contributed by atoms with van der Waals surface area (Å²) in [6.45, 7) is 0.249. The van der Waals surface area contributed by atoms with Crippen molar-refractivity contribution >= 4 is 11.0 Å². The van der Waals surface area contributed by atoms with Crippen molar-refractivity contribution in [3.05, 3.63) is 30.4 Å². The van der Waals surface area contributed by atoms with Crippen LogP contribution in [0.3, 0.4) is 0 Å². The molecule has 86 valence electrons. The van der Waals surface area contributed by atoms with Gasteiger partial charge in [0.05, 0.1) is 23.9 Å². The van der Waals surface area contributed by atoms with Gasteiger partial charge in [-0.25, -0.2) is 4.98 Å². The zero-order valence-electron chi connectivity index (χ0n) is 9.29. The fourth-order valence-corrected chi connectivity index (χ4v) is 1.73. The highest BCUT2D eigenvalue weighted by molar-refractivity contribution is 5.80. The van der Waals surface area contributed by atoms with E-state index in [1.165, 1.54) is 0 Å². The Bertz CT molecular complexity index is 669.